The van der Waals surface area contributed by atoms with Gasteiger partial charge in [0.15, 0.2) is 0 Å². The molecule has 1 saturated heterocycles. The van der Waals surface area contributed by atoms with Crippen LogP contribution in [0.1, 0.15) is 37.3 Å². The predicted octanol–water partition coefficient (Wildman–Crippen LogP) is 2.15. The molecule has 0 radical (unpaired) electrons. The van der Waals surface area contributed by atoms with E-state index >= 15 is 0 Å². The van der Waals surface area contributed by atoms with E-state index in [2.05, 4.69) is 39.6 Å². The van der Waals surface area contributed by atoms with Crippen LogP contribution in [-0.2, 0) is 11.3 Å². The number of aromatic nitrogens is 2. The van der Waals surface area contributed by atoms with E-state index in [1.54, 1.807) is 0 Å². The molecule has 0 spiro atoms. The summed E-state index contributed by atoms with van der Waals surface area (Å²) < 4.78 is 2.05. The summed E-state index contributed by atoms with van der Waals surface area (Å²) in [5, 5.41) is 7.94. The molecule has 1 atom stereocenters. The average molecular weight is 339 g/mol. The fraction of sp³-hybridized carbons (Fsp3) is 0.474. The number of primary amides is 1. The van der Waals surface area contributed by atoms with Gasteiger partial charge in [0, 0.05) is 30.7 Å². The van der Waals surface area contributed by atoms with Gasteiger partial charge in [-0.1, -0.05) is 12.1 Å². The van der Waals surface area contributed by atoms with Crippen LogP contribution in [0.5, 0.6) is 0 Å². The van der Waals surface area contributed by atoms with E-state index in [0.29, 0.717) is 12.1 Å². The molecule has 6 nitrogen and oxygen atoms in total. The lowest BCUT2D eigenvalue weighted by Gasteiger charge is -2.36. The number of amides is 1. The van der Waals surface area contributed by atoms with Crippen LogP contribution < -0.4 is 11.1 Å². The van der Waals surface area contributed by atoms with Crippen LogP contribution in [0.4, 0.5) is 5.69 Å². The summed E-state index contributed by atoms with van der Waals surface area (Å²) in [6.07, 6.45) is 7.99. The van der Waals surface area contributed by atoms with Crippen LogP contribution in [-0.4, -0.2) is 39.2 Å². The van der Waals surface area contributed by atoms with Crippen molar-refractivity contribution < 1.29 is 4.79 Å². The number of carbonyl (C=O) groups is 1. The van der Waals surface area contributed by atoms with Crippen molar-refractivity contribution in [1.82, 2.24) is 14.7 Å². The number of nitrogens with zero attached hydrogens (tertiary/aromatic N) is 3. The molecule has 25 heavy (non-hydrogen) atoms. The van der Waals surface area contributed by atoms with Gasteiger partial charge in [-0.15, -0.1) is 0 Å². The molecule has 2 aliphatic rings. The highest BCUT2D eigenvalue weighted by Gasteiger charge is 2.31. The average Bonchev–Trinajstić information content (AvgIpc) is 3.22. The minimum atomic E-state index is -0.203. The molecular formula is C19H25N5O. The van der Waals surface area contributed by atoms with Crippen molar-refractivity contribution >= 4 is 11.6 Å². The number of rotatable bonds is 6. The molecule has 2 fully saturated rings. The van der Waals surface area contributed by atoms with Crippen molar-refractivity contribution in [3.8, 4) is 0 Å². The van der Waals surface area contributed by atoms with Crippen molar-refractivity contribution in [2.24, 2.45) is 5.73 Å². The number of nitrogens with two attached hydrogens (primary N) is 1. The van der Waals surface area contributed by atoms with Gasteiger partial charge in [-0.2, -0.15) is 5.10 Å². The maximum absolute atomic E-state index is 11.6. The molecule has 132 valence electrons. The zero-order chi connectivity index (χ0) is 17.2. The monoisotopic (exact) mass is 339 g/mol. The molecular weight excluding hydrogens is 314 g/mol. The van der Waals surface area contributed by atoms with Crippen molar-refractivity contribution in [2.45, 2.75) is 50.4 Å². The number of benzene rings is 1. The van der Waals surface area contributed by atoms with Gasteiger partial charge < -0.3 is 11.1 Å². The first-order valence-electron chi connectivity index (χ1n) is 9.07. The van der Waals surface area contributed by atoms with Crippen LogP contribution in [0.25, 0.3) is 0 Å². The molecule has 2 aromatic rings. The summed E-state index contributed by atoms with van der Waals surface area (Å²) >= 11 is 0. The van der Waals surface area contributed by atoms with Gasteiger partial charge in [-0.25, -0.2) is 0 Å². The van der Waals surface area contributed by atoms with E-state index in [4.69, 9.17) is 5.73 Å². The van der Waals surface area contributed by atoms with Crippen LogP contribution in [0.15, 0.2) is 42.7 Å². The fourth-order valence-corrected chi connectivity index (χ4v) is 3.99. The SMILES string of the molecule is NC(=O)C1CCCN1Cc1cccc(NC2CC(n3cccn3)C2)c1. The van der Waals surface area contributed by atoms with Gasteiger partial charge in [-0.05, 0) is 56.0 Å². The molecule has 3 N–H and O–H groups in total. The number of hydrogen-bond acceptors (Lipinski definition) is 4. The zero-order valence-corrected chi connectivity index (χ0v) is 14.3. The van der Waals surface area contributed by atoms with Gasteiger partial charge in [0.05, 0.1) is 12.1 Å². The quantitative estimate of drug-likeness (QED) is 0.845. The number of likely N-dealkylation sites (tertiary alicyclic amines) is 1. The second-order valence-electron chi connectivity index (χ2n) is 7.18. The summed E-state index contributed by atoms with van der Waals surface area (Å²) in [6, 6.07) is 11.4. The van der Waals surface area contributed by atoms with Crippen LogP contribution in [0.2, 0.25) is 0 Å². The molecule has 1 aliphatic heterocycles. The van der Waals surface area contributed by atoms with Gasteiger partial charge in [0.1, 0.15) is 0 Å². The third-order valence-electron chi connectivity index (χ3n) is 5.39. The topological polar surface area (TPSA) is 76.2 Å². The van der Waals surface area contributed by atoms with Crippen molar-refractivity contribution in [2.75, 3.05) is 11.9 Å². The van der Waals surface area contributed by atoms with E-state index in [1.165, 1.54) is 5.56 Å². The van der Waals surface area contributed by atoms with Gasteiger partial charge >= 0.3 is 0 Å². The smallest absolute Gasteiger partial charge is 0.234 e. The van der Waals surface area contributed by atoms with Gasteiger partial charge in [0.25, 0.3) is 0 Å². The fourth-order valence-electron chi connectivity index (χ4n) is 3.99. The van der Waals surface area contributed by atoms with Crippen molar-refractivity contribution in [1.29, 1.82) is 0 Å². The Bertz CT molecular complexity index is 723. The minimum Gasteiger partial charge on any atom is -0.382 e. The first-order chi connectivity index (χ1) is 12.2. The Hall–Kier alpha value is -2.34. The Morgan fingerprint density at radius 1 is 1.32 bits per heavy atom. The highest BCUT2D eigenvalue weighted by molar-refractivity contribution is 5.80. The Labute approximate surface area is 148 Å². The normalized spacial score (nSPS) is 26.3. The Morgan fingerprint density at radius 2 is 2.20 bits per heavy atom. The highest BCUT2D eigenvalue weighted by Crippen LogP contribution is 2.34. The third kappa shape index (κ3) is 3.54. The van der Waals surface area contributed by atoms with E-state index in [-0.39, 0.29) is 11.9 Å². The van der Waals surface area contributed by atoms with E-state index < -0.39 is 0 Å². The summed E-state index contributed by atoms with van der Waals surface area (Å²) in [6.45, 7) is 1.73. The van der Waals surface area contributed by atoms with Gasteiger partial charge in [-0.3, -0.25) is 14.4 Å². The van der Waals surface area contributed by atoms with Crippen LogP contribution >= 0.6 is 0 Å². The number of nitrogens with one attached hydrogen (secondary N) is 1. The largest absolute Gasteiger partial charge is 0.382 e. The lowest BCUT2D eigenvalue weighted by Crippen LogP contribution is -2.39. The highest BCUT2D eigenvalue weighted by atomic mass is 16.1. The molecule has 1 unspecified atom stereocenters. The molecule has 4 rings (SSSR count). The van der Waals surface area contributed by atoms with Crippen molar-refractivity contribution in [3.63, 3.8) is 0 Å². The first kappa shape index (κ1) is 16.1. The second kappa shape index (κ2) is 6.88. The zero-order valence-electron chi connectivity index (χ0n) is 14.3. The third-order valence-corrected chi connectivity index (χ3v) is 5.39. The summed E-state index contributed by atoms with van der Waals surface area (Å²) in [7, 11) is 0. The minimum absolute atomic E-state index is 0.113. The van der Waals surface area contributed by atoms with E-state index in [1.807, 2.05) is 23.1 Å². The number of hydrogen-bond donors (Lipinski definition) is 2. The molecule has 1 amide bonds. The molecule has 1 aromatic carbocycles. The molecule has 1 aliphatic carbocycles. The Kier molecular flexibility index (Phi) is 4.44. The summed E-state index contributed by atoms with van der Waals surface area (Å²) in [5.74, 6) is -0.203. The molecule has 0 bridgehead atoms. The lowest BCUT2D eigenvalue weighted by molar-refractivity contribution is -0.122. The van der Waals surface area contributed by atoms with Crippen LogP contribution in [0.3, 0.4) is 0 Å². The van der Waals surface area contributed by atoms with E-state index in [0.717, 1.165) is 44.5 Å². The standard InChI is InChI=1S/C19H25N5O/c20-19(25)18-6-2-8-23(18)13-14-4-1-5-15(10-14)22-16-11-17(12-16)24-9-3-7-21-24/h1,3-5,7,9-10,16-18,22H,2,6,8,11-13H2,(H2,20,25). The molecule has 2 heterocycles. The predicted molar refractivity (Wildman–Crippen MR) is 97.0 cm³/mol. The molecule has 6 heteroatoms. The van der Waals surface area contributed by atoms with E-state index in [9.17, 15) is 4.79 Å². The lowest BCUT2D eigenvalue weighted by atomic mass is 9.86. The van der Waals surface area contributed by atoms with Gasteiger partial charge in [0.2, 0.25) is 5.91 Å². The molecule has 1 aromatic heterocycles. The maximum Gasteiger partial charge on any atom is 0.234 e. The molecule has 1 saturated carbocycles. The summed E-state index contributed by atoms with van der Waals surface area (Å²) in [4.78, 5) is 13.7. The Morgan fingerprint density at radius 3 is 2.96 bits per heavy atom. The van der Waals surface area contributed by atoms with Crippen LogP contribution in [0, 0.1) is 0 Å². The Balaban J connectivity index is 1.33. The van der Waals surface area contributed by atoms with Crippen molar-refractivity contribution in [3.05, 3.63) is 48.3 Å². The summed E-state index contributed by atoms with van der Waals surface area (Å²) in [5.41, 5.74) is 7.89. The number of carbonyl (C=O) groups excluding carboxylic acids is 1. The number of anilines is 1. The maximum atomic E-state index is 11.6. The second-order valence-corrected chi connectivity index (χ2v) is 7.18. The first-order valence-corrected chi connectivity index (χ1v) is 9.07.